The summed E-state index contributed by atoms with van der Waals surface area (Å²) in [5.41, 5.74) is 5.97. The van der Waals surface area contributed by atoms with Crippen molar-refractivity contribution in [1.82, 2.24) is 5.32 Å². The highest BCUT2D eigenvalue weighted by Gasteiger charge is 2.31. The molecule has 2 aromatic carbocycles. The number of aliphatic hydroxyl groups excluding tert-OH is 1. The van der Waals surface area contributed by atoms with Gasteiger partial charge in [0.15, 0.2) is 5.78 Å². The first kappa shape index (κ1) is 13.7. The maximum absolute atomic E-state index is 12.8. The number of hydrogen-bond donors (Lipinski definition) is 3. The minimum atomic E-state index is -0.623. The highest BCUT2D eigenvalue weighted by molar-refractivity contribution is 6.17. The van der Waals surface area contributed by atoms with Crippen molar-refractivity contribution in [3.63, 3.8) is 0 Å². The van der Waals surface area contributed by atoms with Crippen molar-refractivity contribution in [2.75, 3.05) is 6.54 Å². The zero-order chi connectivity index (χ0) is 15.0. The summed E-state index contributed by atoms with van der Waals surface area (Å²) in [6.45, 7) is 0.382. The molecule has 0 aliphatic carbocycles. The van der Waals surface area contributed by atoms with Crippen LogP contribution >= 0.6 is 0 Å². The molecule has 1 saturated heterocycles. The van der Waals surface area contributed by atoms with E-state index in [0.29, 0.717) is 23.9 Å². The van der Waals surface area contributed by atoms with Gasteiger partial charge in [-0.25, -0.2) is 0 Å². The lowest BCUT2D eigenvalue weighted by molar-refractivity contribution is 0.0929. The smallest absolute Gasteiger partial charge is 0.249 e. The number of carbonyl (C=O) groups excluding carboxylic acids is 2. The van der Waals surface area contributed by atoms with Gasteiger partial charge in [-0.05, 0) is 23.3 Å². The number of carbonyl (C=O) groups is 2. The van der Waals surface area contributed by atoms with Gasteiger partial charge in [-0.15, -0.1) is 0 Å². The maximum atomic E-state index is 12.8. The maximum Gasteiger partial charge on any atom is 0.249 e. The van der Waals surface area contributed by atoms with Gasteiger partial charge in [0.05, 0.1) is 17.7 Å². The Hall–Kier alpha value is -2.24. The number of fused-ring (bicyclic) bond motifs is 1. The normalized spacial score (nSPS) is 21.6. The SMILES string of the molecule is NC(=O)c1ccc2ccccc2c1C(=O)[C@@H]1CC(O)CN1. The minimum Gasteiger partial charge on any atom is -0.392 e. The summed E-state index contributed by atoms with van der Waals surface area (Å²) < 4.78 is 0. The number of benzene rings is 2. The van der Waals surface area contributed by atoms with Gasteiger partial charge in [-0.1, -0.05) is 30.3 Å². The van der Waals surface area contributed by atoms with Crippen LogP contribution in [0.15, 0.2) is 36.4 Å². The molecule has 1 unspecified atom stereocenters. The van der Waals surface area contributed by atoms with Gasteiger partial charge in [0.2, 0.25) is 5.91 Å². The fourth-order valence-corrected chi connectivity index (χ4v) is 2.83. The first-order valence-corrected chi connectivity index (χ1v) is 6.85. The lowest BCUT2D eigenvalue weighted by Gasteiger charge is -2.14. The van der Waals surface area contributed by atoms with E-state index in [1.165, 1.54) is 0 Å². The molecular formula is C16H16N2O3. The molecule has 2 aromatic rings. The van der Waals surface area contributed by atoms with Crippen LogP contribution in [0, 0.1) is 0 Å². The Morgan fingerprint density at radius 3 is 2.62 bits per heavy atom. The first-order valence-electron chi connectivity index (χ1n) is 6.85. The van der Waals surface area contributed by atoms with Crippen molar-refractivity contribution < 1.29 is 14.7 Å². The van der Waals surface area contributed by atoms with Crippen LogP contribution in [0.2, 0.25) is 0 Å². The predicted molar refractivity (Wildman–Crippen MR) is 79.2 cm³/mol. The second-order valence-electron chi connectivity index (χ2n) is 5.29. The molecule has 1 heterocycles. The standard InChI is InChI=1S/C16H16N2O3/c17-16(21)12-6-5-9-3-1-2-4-11(9)14(12)15(20)13-7-10(19)8-18-13/h1-6,10,13,18-19H,7-8H2,(H2,17,21)/t10?,13-/m0/s1. The quantitative estimate of drug-likeness (QED) is 0.728. The van der Waals surface area contributed by atoms with Crippen LogP contribution in [0.4, 0.5) is 0 Å². The first-order chi connectivity index (χ1) is 10.1. The van der Waals surface area contributed by atoms with E-state index >= 15 is 0 Å². The van der Waals surface area contributed by atoms with Crippen LogP contribution in [-0.4, -0.2) is 35.5 Å². The highest BCUT2D eigenvalue weighted by atomic mass is 16.3. The van der Waals surface area contributed by atoms with Crippen molar-refractivity contribution in [1.29, 1.82) is 0 Å². The van der Waals surface area contributed by atoms with E-state index in [4.69, 9.17) is 5.73 Å². The second kappa shape index (κ2) is 5.27. The largest absolute Gasteiger partial charge is 0.392 e. The minimum absolute atomic E-state index is 0.197. The van der Waals surface area contributed by atoms with Crippen molar-refractivity contribution in [3.05, 3.63) is 47.5 Å². The van der Waals surface area contributed by atoms with Crippen LogP contribution in [0.25, 0.3) is 10.8 Å². The number of amides is 1. The Kier molecular flexibility index (Phi) is 3.45. The molecule has 0 bridgehead atoms. The van der Waals surface area contributed by atoms with Crippen molar-refractivity contribution in [2.45, 2.75) is 18.6 Å². The number of rotatable bonds is 3. The Bertz CT molecular complexity index is 727. The van der Waals surface area contributed by atoms with Crippen molar-refractivity contribution in [2.24, 2.45) is 5.73 Å². The van der Waals surface area contributed by atoms with Crippen LogP contribution in [0.5, 0.6) is 0 Å². The number of primary amides is 1. The van der Waals surface area contributed by atoms with Gasteiger partial charge in [-0.2, -0.15) is 0 Å². The van der Waals surface area contributed by atoms with E-state index in [1.54, 1.807) is 18.2 Å². The average molecular weight is 284 g/mol. The Morgan fingerprint density at radius 1 is 1.19 bits per heavy atom. The van der Waals surface area contributed by atoms with Crippen LogP contribution in [0.1, 0.15) is 27.1 Å². The number of ketones is 1. The summed E-state index contributed by atoms with van der Waals surface area (Å²) in [6, 6.07) is 10.3. The zero-order valence-electron chi connectivity index (χ0n) is 11.4. The summed E-state index contributed by atoms with van der Waals surface area (Å²) in [6.07, 6.45) is -0.189. The van der Waals surface area contributed by atoms with Gasteiger partial charge in [0.25, 0.3) is 0 Å². The topological polar surface area (TPSA) is 92.4 Å². The average Bonchev–Trinajstić information content (AvgIpc) is 2.91. The lowest BCUT2D eigenvalue weighted by atomic mass is 9.92. The Balaban J connectivity index is 2.16. The molecule has 0 aromatic heterocycles. The molecule has 0 spiro atoms. The third-order valence-corrected chi connectivity index (χ3v) is 3.87. The summed E-state index contributed by atoms with van der Waals surface area (Å²) in [4.78, 5) is 24.4. The van der Waals surface area contributed by atoms with Gasteiger partial charge in [0.1, 0.15) is 0 Å². The highest BCUT2D eigenvalue weighted by Crippen LogP contribution is 2.25. The molecule has 108 valence electrons. The summed E-state index contributed by atoms with van der Waals surface area (Å²) >= 11 is 0. The van der Waals surface area contributed by atoms with Crippen LogP contribution in [0.3, 0.4) is 0 Å². The predicted octanol–water partition coefficient (Wildman–Crippen LogP) is 0.844. The van der Waals surface area contributed by atoms with E-state index in [0.717, 1.165) is 5.39 Å². The lowest BCUT2D eigenvalue weighted by Crippen LogP contribution is -2.32. The molecule has 5 heteroatoms. The van der Waals surface area contributed by atoms with Crippen LogP contribution in [-0.2, 0) is 0 Å². The molecule has 1 amide bonds. The zero-order valence-corrected chi connectivity index (χ0v) is 11.4. The number of nitrogens with one attached hydrogen (secondary N) is 1. The molecule has 1 fully saturated rings. The molecule has 5 nitrogen and oxygen atoms in total. The van der Waals surface area contributed by atoms with Gasteiger partial charge < -0.3 is 16.2 Å². The molecule has 1 aliphatic rings. The molecule has 0 radical (unpaired) electrons. The summed E-state index contributed by atoms with van der Waals surface area (Å²) in [7, 11) is 0. The van der Waals surface area contributed by atoms with E-state index in [9.17, 15) is 14.7 Å². The summed E-state index contributed by atoms with van der Waals surface area (Å²) in [5, 5.41) is 14.2. The molecule has 3 rings (SSSR count). The third kappa shape index (κ3) is 2.41. The van der Waals surface area contributed by atoms with Gasteiger partial charge >= 0.3 is 0 Å². The van der Waals surface area contributed by atoms with E-state index in [2.05, 4.69) is 5.32 Å². The van der Waals surface area contributed by atoms with E-state index in [-0.39, 0.29) is 11.3 Å². The number of nitrogens with two attached hydrogens (primary N) is 1. The van der Waals surface area contributed by atoms with E-state index in [1.807, 2.05) is 18.2 Å². The van der Waals surface area contributed by atoms with Crippen molar-refractivity contribution in [3.8, 4) is 0 Å². The molecular weight excluding hydrogens is 268 g/mol. The third-order valence-electron chi connectivity index (χ3n) is 3.87. The van der Waals surface area contributed by atoms with E-state index < -0.39 is 18.1 Å². The monoisotopic (exact) mass is 284 g/mol. The van der Waals surface area contributed by atoms with Crippen molar-refractivity contribution >= 4 is 22.5 Å². The second-order valence-corrected chi connectivity index (χ2v) is 5.29. The van der Waals surface area contributed by atoms with Gasteiger partial charge in [-0.3, -0.25) is 9.59 Å². The fraction of sp³-hybridized carbons (Fsp3) is 0.250. The molecule has 21 heavy (non-hydrogen) atoms. The molecule has 0 saturated carbocycles. The number of aliphatic hydroxyl groups is 1. The number of hydrogen-bond acceptors (Lipinski definition) is 4. The Morgan fingerprint density at radius 2 is 1.95 bits per heavy atom. The summed E-state index contributed by atoms with van der Waals surface area (Å²) in [5.74, 6) is -0.820. The molecule has 2 atom stereocenters. The Labute approximate surface area is 121 Å². The fourth-order valence-electron chi connectivity index (χ4n) is 2.83. The van der Waals surface area contributed by atoms with Crippen LogP contribution < -0.4 is 11.1 Å². The number of Topliss-reactive ketones (excluding diaryl/α,β-unsaturated/α-hetero) is 1. The molecule has 1 aliphatic heterocycles. The molecule has 4 N–H and O–H groups in total. The number of β-amino-alcohol motifs (C(OH)–C–C–N with tert-alkyl or cyclic N) is 1. The van der Waals surface area contributed by atoms with Gasteiger partial charge in [0, 0.05) is 12.1 Å².